The lowest BCUT2D eigenvalue weighted by Crippen LogP contribution is -2.04. The zero-order valence-corrected chi connectivity index (χ0v) is 17.9. The van der Waals surface area contributed by atoms with Gasteiger partial charge < -0.3 is 11.5 Å². The van der Waals surface area contributed by atoms with Gasteiger partial charge >= 0.3 is 0 Å². The number of aromatic nitrogens is 3. The monoisotopic (exact) mass is 433 g/mol. The molecule has 0 radical (unpaired) electrons. The van der Waals surface area contributed by atoms with Crippen molar-refractivity contribution in [2.75, 3.05) is 11.5 Å². The first kappa shape index (κ1) is 18.6. The van der Waals surface area contributed by atoms with Gasteiger partial charge in [-0.15, -0.1) is 11.3 Å². The molecule has 0 aliphatic heterocycles. The Morgan fingerprint density at radius 2 is 1.47 bits per heavy atom. The third-order valence-electron chi connectivity index (χ3n) is 5.75. The molecule has 0 fully saturated rings. The van der Waals surface area contributed by atoms with Gasteiger partial charge in [-0.2, -0.15) is 0 Å². The standard InChI is InChI=1S/C26H19N5S/c27-22-17-10-4-6-12-20(17)31(24(22)25-23(28)18-11-5-7-13-21(18)32-25)26-19(14-29-15-30-26)16-8-2-1-3-9-16/h1-15H,27-28H2. The number of thiophene rings is 1. The van der Waals surface area contributed by atoms with E-state index in [0.717, 1.165) is 54.2 Å². The SMILES string of the molecule is Nc1c(-c2c(N)c3ccccc3n2-c2ncncc2-c2ccccc2)sc2ccccc12. The molecule has 6 heteroatoms. The number of nitrogens with two attached hydrogens (primary N) is 2. The largest absolute Gasteiger partial charge is 0.397 e. The maximum Gasteiger partial charge on any atom is 0.149 e. The first-order valence-electron chi connectivity index (χ1n) is 10.3. The van der Waals surface area contributed by atoms with Gasteiger partial charge in [-0.05, 0) is 17.7 Å². The first-order valence-corrected chi connectivity index (χ1v) is 11.1. The van der Waals surface area contributed by atoms with Crippen LogP contribution in [0.15, 0.2) is 91.4 Å². The summed E-state index contributed by atoms with van der Waals surface area (Å²) in [6.07, 6.45) is 3.42. The third kappa shape index (κ3) is 2.70. The maximum atomic E-state index is 6.78. The molecule has 3 heterocycles. The summed E-state index contributed by atoms with van der Waals surface area (Å²) < 4.78 is 3.25. The van der Waals surface area contributed by atoms with E-state index in [0.29, 0.717) is 5.69 Å². The quantitative estimate of drug-likeness (QED) is 0.351. The molecule has 0 atom stereocenters. The molecule has 0 saturated carbocycles. The smallest absolute Gasteiger partial charge is 0.149 e. The van der Waals surface area contributed by atoms with Crippen molar-refractivity contribution in [1.82, 2.24) is 14.5 Å². The summed E-state index contributed by atoms with van der Waals surface area (Å²) in [6.45, 7) is 0. The van der Waals surface area contributed by atoms with E-state index in [1.807, 2.05) is 60.8 Å². The summed E-state index contributed by atoms with van der Waals surface area (Å²) in [5, 5.41) is 2.01. The molecule has 0 amide bonds. The van der Waals surface area contributed by atoms with Crippen LogP contribution in [0.3, 0.4) is 0 Å². The van der Waals surface area contributed by atoms with Crippen LogP contribution < -0.4 is 11.5 Å². The van der Waals surface area contributed by atoms with E-state index in [1.165, 1.54) is 0 Å². The van der Waals surface area contributed by atoms with E-state index in [2.05, 4.69) is 33.8 Å². The van der Waals surface area contributed by atoms with E-state index in [-0.39, 0.29) is 0 Å². The molecule has 5 nitrogen and oxygen atoms in total. The summed E-state index contributed by atoms with van der Waals surface area (Å²) >= 11 is 1.65. The highest BCUT2D eigenvalue weighted by Gasteiger charge is 2.24. The molecule has 4 N–H and O–H groups in total. The number of hydrogen-bond acceptors (Lipinski definition) is 5. The van der Waals surface area contributed by atoms with Crippen molar-refractivity contribution in [3.8, 4) is 27.5 Å². The Morgan fingerprint density at radius 3 is 2.28 bits per heavy atom. The van der Waals surface area contributed by atoms with Gasteiger partial charge in [0.2, 0.25) is 0 Å². The number of fused-ring (bicyclic) bond motifs is 2. The summed E-state index contributed by atoms with van der Waals surface area (Å²) in [7, 11) is 0. The van der Waals surface area contributed by atoms with Crippen LogP contribution in [0.2, 0.25) is 0 Å². The van der Waals surface area contributed by atoms with Crippen LogP contribution in [0.25, 0.3) is 48.5 Å². The average molecular weight is 434 g/mol. The molecular weight excluding hydrogens is 414 g/mol. The summed E-state index contributed by atoms with van der Waals surface area (Å²) in [5.74, 6) is 0.769. The number of anilines is 2. The van der Waals surface area contributed by atoms with Crippen molar-refractivity contribution >= 4 is 43.7 Å². The molecule has 0 spiro atoms. The van der Waals surface area contributed by atoms with E-state index in [9.17, 15) is 0 Å². The lowest BCUT2D eigenvalue weighted by atomic mass is 10.1. The van der Waals surface area contributed by atoms with Crippen molar-refractivity contribution in [2.24, 2.45) is 0 Å². The van der Waals surface area contributed by atoms with Crippen molar-refractivity contribution in [3.63, 3.8) is 0 Å². The second-order valence-electron chi connectivity index (χ2n) is 7.58. The van der Waals surface area contributed by atoms with Gasteiger partial charge in [0, 0.05) is 27.2 Å². The molecule has 6 aromatic rings. The predicted molar refractivity (Wildman–Crippen MR) is 134 cm³/mol. The normalized spacial score (nSPS) is 11.4. The van der Waals surface area contributed by atoms with Crippen molar-refractivity contribution < 1.29 is 0 Å². The minimum absolute atomic E-state index is 0.691. The molecule has 0 bridgehead atoms. The highest BCUT2D eigenvalue weighted by Crippen LogP contribution is 2.47. The molecule has 3 aromatic heterocycles. The van der Waals surface area contributed by atoms with Crippen LogP contribution in [0.1, 0.15) is 0 Å². The minimum Gasteiger partial charge on any atom is -0.397 e. The highest BCUT2D eigenvalue weighted by atomic mass is 32.1. The van der Waals surface area contributed by atoms with Crippen molar-refractivity contribution in [3.05, 3.63) is 91.4 Å². The van der Waals surface area contributed by atoms with Crippen LogP contribution >= 0.6 is 11.3 Å². The van der Waals surface area contributed by atoms with Crippen LogP contribution in [-0.2, 0) is 0 Å². The molecule has 0 saturated heterocycles. The summed E-state index contributed by atoms with van der Waals surface area (Å²) in [4.78, 5) is 9.97. The number of benzene rings is 3. The fraction of sp³-hybridized carbons (Fsp3) is 0. The number of hydrogen-bond donors (Lipinski definition) is 2. The predicted octanol–water partition coefficient (Wildman–Crippen LogP) is 6.13. The van der Waals surface area contributed by atoms with Crippen molar-refractivity contribution in [1.29, 1.82) is 0 Å². The Labute approximate surface area is 188 Å². The van der Waals surface area contributed by atoms with Crippen molar-refractivity contribution in [2.45, 2.75) is 0 Å². The molecule has 0 unspecified atom stereocenters. The molecule has 0 aliphatic carbocycles. The molecule has 6 rings (SSSR count). The van der Waals surface area contributed by atoms with E-state index < -0.39 is 0 Å². The van der Waals surface area contributed by atoms with E-state index in [4.69, 9.17) is 16.5 Å². The van der Waals surface area contributed by atoms with Crippen LogP contribution in [0.5, 0.6) is 0 Å². The number of rotatable bonds is 3. The van der Waals surface area contributed by atoms with Gasteiger partial charge in [0.15, 0.2) is 0 Å². The van der Waals surface area contributed by atoms with E-state index >= 15 is 0 Å². The Kier molecular flexibility index (Phi) is 4.19. The Bertz CT molecular complexity index is 1600. The van der Waals surface area contributed by atoms with Gasteiger partial charge in [0.05, 0.1) is 27.5 Å². The zero-order chi connectivity index (χ0) is 21.7. The van der Waals surface area contributed by atoms with Crippen LogP contribution in [0, 0.1) is 0 Å². The topological polar surface area (TPSA) is 82.8 Å². The molecule has 32 heavy (non-hydrogen) atoms. The Hall–Kier alpha value is -4.16. The maximum absolute atomic E-state index is 6.78. The summed E-state index contributed by atoms with van der Waals surface area (Å²) in [6, 6.07) is 26.4. The second kappa shape index (κ2) is 7.21. The van der Waals surface area contributed by atoms with Gasteiger partial charge in [0.25, 0.3) is 0 Å². The lowest BCUT2D eigenvalue weighted by molar-refractivity contribution is 1.02. The lowest BCUT2D eigenvalue weighted by Gasteiger charge is -2.14. The molecule has 154 valence electrons. The molecule has 3 aromatic carbocycles. The van der Waals surface area contributed by atoms with Gasteiger partial charge in [-0.1, -0.05) is 66.7 Å². The average Bonchev–Trinajstić information content (AvgIpc) is 3.34. The number of nitrogens with zero attached hydrogens (tertiary/aromatic N) is 3. The van der Waals surface area contributed by atoms with Gasteiger partial charge in [-0.3, -0.25) is 4.57 Å². The van der Waals surface area contributed by atoms with E-state index in [1.54, 1.807) is 17.7 Å². The Balaban J connectivity index is 1.74. The molecular formula is C26H19N5S. The fourth-order valence-electron chi connectivity index (χ4n) is 4.27. The van der Waals surface area contributed by atoms with Gasteiger partial charge in [-0.25, -0.2) is 9.97 Å². The van der Waals surface area contributed by atoms with Gasteiger partial charge in [0.1, 0.15) is 12.1 Å². The Morgan fingerprint density at radius 1 is 0.750 bits per heavy atom. The number of para-hydroxylation sites is 1. The minimum atomic E-state index is 0.691. The van der Waals surface area contributed by atoms with Crippen LogP contribution in [-0.4, -0.2) is 14.5 Å². The first-order chi connectivity index (χ1) is 15.7. The highest BCUT2D eigenvalue weighted by molar-refractivity contribution is 7.23. The summed E-state index contributed by atoms with van der Waals surface area (Å²) in [5.41, 5.74) is 18.7. The van der Waals surface area contributed by atoms with Crippen LogP contribution in [0.4, 0.5) is 11.4 Å². The zero-order valence-electron chi connectivity index (χ0n) is 17.1. The number of nitrogen functional groups attached to an aromatic ring is 2. The fourth-order valence-corrected chi connectivity index (χ4v) is 5.45. The molecule has 0 aliphatic rings. The third-order valence-corrected chi connectivity index (χ3v) is 6.94. The second-order valence-corrected chi connectivity index (χ2v) is 8.63.